The molecule has 4 atom stereocenters. The van der Waals surface area contributed by atoms with E-state index in [1.54, 1.807) is 0 Å². The Morgan fingerprint density at radius 2 is 1.05 bits per heavy atom. The number of hydrogen-bond donors (Lipinski definition) is 0. The van der Waals surface area contributed by atoms with Crippen LogP contribution in [-0.4, -0.2) is 0 Å². The summed E-state index contributed by atoms with van der Waals surface area (Å²) in [6, 6.07) is 21.1. The van der Waals surface area contributed by atoms with Gasteiger partial charge in [0.15, 0.2) is 0 Å². The van der Waals surface area contributed by atoms with Crippen molar-refractivity contribution in [1.29, 1.82) is 0 Å². The van der Waals surface area contributed by atoms with Crippen molar-refractivity contribution >= 4 is 0 Å². The van der Waals surface area contributed by atoms with Crippen LogP contribution in [0.4, 0.5) is 0 Å². The van der Waals surface area contributed by atoms with Gasteiger partial charge in [-0.1, -0.05) is 74.5 Å². The van der Waals surface area contributed by atoms with Crippen LogP contribution in [0.25, 0.3) is 0 Å². The predicted octanol–water partition coefficient (Wildman–Crippen LogP) is 4.81. The van der Waals surface area contributed by atoms with Gasteiger partial charge in [-0.15, -0.1) is 0 Å². The van der Waals surface area contributed by atoms with Gasteiger partial charge in [-0.2, -0.15) is 0 Å². The quantitative estimate of drug-likeness (QED) is 0.740. The van der Waals surface area contributed by atoms with Gasteiger partial charge in [0, 0.05) is 0 Å². The third-order valence-corrected chi connectivity index (χ3v) is 5.95. The van der Waals surface area contributed by atoms with E-state index >= 15 is 0 Å². The number of fused-ring (bicyclic) bond motifs is 3. The minimum Gasteiger partial charge on any atom is -0.224 e. The van der Waals surface area contributed by atoms with Crippen LogP contribution in [0.5, 0.6) is 0 Å². The molecule has 2 heterocycles. The molecule has 5 rings (SSSR count). The van der Waals surface area contributed by atoms with Crippen LogP contribution < -0.4 is 0 Å². The number of benzene rings is 2. The summed E-state index contributed by atoms with van der Waals surface area (Å²) in [5.74, 6) is 0.801. The molecule has 2 aliphatic heterocycles. The predicted molar refractivity (Wildman–Crippen MR) is 86.0 cm³/mol. The molecule has 0 N–H and O–H groups in total. The zero-order valence-corrected chi connectivity index (χ0v) is 13.2. The maximum atomic E-state index is 6.09. The zero-order valence-electron chi connectivity index (χ0n) is 13.2. The lowest BCUT2D eigenvalue weighted by Crippen LogP contribution is -2.59. The Kier molecular flexibility index (Phi) is 3.14. The van der Waals surface area contributed by atoms with E-state index in [9.17, 15) is 0 Å². The van der Waals surface area contributed by atoms with Gasteiger partial charge in [0.05, 0.1) is 0 Å². The first-order valence-corrected chi connectivity index (χ1v) is 8.17. The van der Waals surface area contributed by atoms with Crippen LogP contribution in [0.2, 0.25) is 0 Å². The van der Waals surface area contributed by atoms with Gasteiger partial charge in [-0.3, -0.25) is 0 Å². The van der Waals surface area contributed by atoms with E-state index in [0.29, 0.717) is 11.8 Å². The van der Waals surface area contributed by atoms with Crippen LogP contribution in [0.1, 0.15) is 37.8 Å². The van der Waals surface area contributed by atoms with E-state index < -0.39 is 0 Å². The summed E-state index contributed by atoms with van der Waals surface area (Å²) in [5, 5.41) is 0. The Hall–Kier alpha value is -1.64. The average molecular weight is 294 g/mol. The molecule has 2 heteroatoms. The largest absolute Gasteiger partial charge is 0.224 e. The van der Waals surface area contributed by atoms with Gasteiger partial charge in [-0.05, 0) is 35.8 Å². The van der Waals surface area contributed by atoms with Crippen LogP contribution in [0.3, 0.4) is 0 Å². The van der Waals surface area contributed by atoms with Gasteiger partial charge in [-0.25, -0.2) is 9.78 Å². The van der Waals surface area contributed by atoms with E-state index in [0.717, 1.165) is 12.8 Å². The topological polar surface area (TPSA) is 18.5 Å². The van der Waals surface area contributed by atoms with Crippen LogP contribution in [-0.2, 0) is 21.0 Å². The molecule has 1 aliphatic carbocycles. The second-order valence-corrected chi connectivity index (χ2v) is 6.76. The standard InChI is InChI=1S/C20H22O2/c1-15-16(2)20(18-11-7-4-8-12-18)14-13-19(15,21-22-20)17-9-5-3-6-10-17/h3-12,15-16H,13-14H2,1-2H3/t15-,16-,19-,20+/m0/s1. The van der Waals surface area contributed by atoms with Crippen molar-refractivity contribution < 1.29 is 9.78 Å². The third kappa shape index (κ3) is 1.74. The normalized spacial score (nSPS) is 37.2. The summed E-state index contributed by atoms with van der Waals surface area (Å²) >= 11 is 0. The molecular weight excluding hydrogens is 272 g/mol. The summed E-state index contributed by atoms with van der Waals surface area (Å²) in [5.41, 5.74) is 1.85. The molecule has 3 aliphatic rings. The molecular formula is C20H22O2. The summed E-state index contributed by atoms with van der Waals surface area (Å²) in [6.07, 6.45) is 1.99. The van der Waals surface area contributed by atoms with Crippen molar-refractivity contribution in [2.45, 2.75) is 37.9 Å². The van der Waals surface area contributed by atoms with Crippen molar-refractivity contribution in [2.75, 3.05) is 0 Å². The molecule has 0 amide bonds. The van der Waals surface area contributed by atoms with Crippen molar-refractivity contribution in [3.8, 4) is 0 Å². The minimum absolute atomic E-state index is 0.308. The van der Waals surface area contributed by atoms with Crippen LogP contribution in [0.15, 0.2) is 60.7 Å². The third-order valence-electron chi connectivity index (χ3n) is 5.95. The smallest absolute Gasteiger partial charge is 0.131 e. The van der Waals surface area contributed by atoms with Crippen LogP contribution >= 0.6 is 0 Å². The first-order valence-electron chi connectivity index (χ1n) is 8.17. The fourth-order valence-corrected chi connectivity index (χ4v) is 4.37. The van der Waals surface area contributed by atoms with E-state index in [4.69, 9.17) is 9.78 Å². The van der Waals surface area contributed by atoms with Crippen molar-refractivity contribution in [3.63, 3.8) is 0 Å². The SMILES string of the molecule is C[C@H]1[C@H](C)[C@]2(c3ccccc3)CC[C@@]1(c1ccccc1)OO2. The highest BCUT2D eigenvalue weighted by molar-refractivity contribution is 5.31. The monoisotopic (exact) mass is 294 g/mol. The van der Waals surface area contributed by atoms with E-state index in [1.807, 2.05) is 0 Å². The maximum Gasteiger partial charge on any atom is 0.131 e. The molecule has 0 radical (unpaired) electrons. The summed E-state index contributed by atoms with van der Waals surface area (Å²) < 4.78 is 0. The summed E-state index contributed by atoms with van der Waals surface area (Å²) in [6.45, 7) is 4.61. The van der Waals surface area contributed by atoms with Gasteiger partial charge in [0.1, 0.15) is 11.2 Å². The lowest BCUT2D eigenvalue weighted by atomic mass is 9.58. The Morgan fingerprint density at radius 1 is 0.682 bits per heavy atom. The molecule has 2 saturated heterocycles. The minimum atomic E-state index is -0.308. The lowest BCUT2D eigenvalue weighted by molar-refractivity contribution is -0.506. The molecule has 3 fully saturated rings. The molecule has 114 valence electrons. The maximum absolute atomic E-state index is 6.09. The van der Waals surface area contributed by atoms with E-state index in [-0.39, 0.29) is 11.2 Å². The molecule has 2 aromatic rings. The molecule has 0 unspecified atom stereocenters. The Morgan fingerprint density at radius 3 is 1.36 bits per heavy atom. The van der Waals surface area contributed by atoms with Crippen molar-refractivity contribution in [3.05, 3.63) is 71.8 Å². The summed E-state index contributed by atoms with van der Waals surface area (Å²) in [4.78, 5) is 12.2. The number of rotatable bonds is 2. The van der Waals surface area contributed by atoms with Crippen LogP contribution in [0, 0.1) is 11.8 Å². The highest BCUT2D eigenvalue weighted by Gasteiger charge is 2.61. The Balaban J connectivity index is 1.76. The van der Waals surface area contributed by atoms with Crippen molar-refractivity contribution in [2.24, 2.45) is 11.8 Å². The van der Waals surface area contributed by atoms with Gasteiger partial charge >= 0.3 is 0 Å². The summed E-state index contributed by atoms with van der Waals surface area (Å²) in [7, 11) is 0. The lowest BCUT2D eigenvalue weighted by Gasteiger charge is -2.59. The molecule has 2 aromatic carbocycles. The van der Waals surface area contributed by atoms with E-state index in [1.165, 1.54) is 11.1 Å². The zero-order chi connectivity index (χ0) is 15.2. The molecule has 0 spiro atoms. The number of hydrogen-bond acceptors (Lipinski definition) is 2. The first-order chi connectivity index (χ1) is 10.7. The van der Waals surface area contributed by atoms with Gasteiger partial charge in [0.25, 0.3) is 0 Å². The second-order valence-electron chi connectivity index (χ2n) is 6.76. The fourth-order valence-electron chi connectivity index (χ4n) is 4.37. The van der Waals surface area contributed by atoms with Gasteiger partial charge < -0.3 is 0 Å². The highest BCUT2D eigenvalue weighted by Crippen LogP contribution is 2.60. The molecule has 2 nitrogen and oxygen atoms in total. The first kappa shape index (κ1) is 14.0. The average Bonchev–Trinajstić information content (AvgIpc) is 2.61. The molecule has 2 bridgehead atoms. The van der Waals surface area contributed by atoms with Crippen molar-refractivity contribution in [1.82, 2.24) is 0 Å². The van der Waals surface area contributed by atoms with Gasteiger partial charge in [0.2, 0.25) is 0 Å². The molecule has 0 aromatic heterocycles. The fraction of sp³-hybridized carbons (Fsp3) is 0.400. The Bertz CT molecular complexity index is 582. The highest BCUT2D eigenvalue weighted by atomic mass is 17.2. The molecule has 22 heavy (non-hydrogen) atoms. The molecule has 1 saturated carbocycles. The second kappa shape index (κ2) is 4.94. The Labute approximate surface area is 132 Å². The van der Waals surface area contributed by atoms with E-state index in [2.05, 4.69) is 74.5 Å².